The fraction of sp³-hybridized carbons (Fsp3) is 0.100. The van der Waals surface area contributed by atoms with Crippen molar-refractivity contribution in [2.24, 2.45) is 7.05 Å². The van der Waals surface area contributed by atoms with E-state index in [0.717, 1.165) is 0 Å². The summed E-state index contributed by atoms with van der Waals surface area (Å²) < 4.78 is 26.5. The van der Waals surface area contributed by atoms with Gasteiger partial charge in [0.1, 0.15) is 3.70 Å². The van der Waals surface area contributed by atoms with Crippen molar-refractivity contribution in [1.29, 1.82) is 0 Å². The summed E-state index contributed by atoms with van der Waals surface area (Å²) in [6.45, 7) is 0. The van der Waals surface area contributed by atoms with Gasteiger partial charge in [-0.1, -0.05) is 18.2 Å². The predicted molar refractivity (Wildman–Crippen MR) is 67.8 cm³/mol. The van der Waals surface area contributed by atoms with Crippen LogP contribution in [-0.4, -0.2) is 18.0 Å². The predicted octanol–water partition coefficient (Wildman–Crippen LogP) is 1.86. The van der Waals surface area contributed by atoms with Crippen LogP contribution >= 0.6 is 22.6 Å². The van der Waals surface area contributed by atoms with Crippen molar-refractivity contribution in [2.45, 2.75) is 10.1 Å². The molecule has 1 aromatic carbocycles. The van der Waals surface area contributed by atoms with Crippen molar-refractivity contribution in [3.63, 3.8) is 0 Å². The molecule has 16 heavy (non-hydrogen) atoms. The Bertz CT molecular complexity index is 605. The lowest BCUT2D eigenvalue weighted by atomic mass is 10.4. The largest absolute Gasteiger partial charge is 0.324 e. The van der Waals surface area contributed by atoms with E-state index < -0.39 is 9.84 Å². The zero-order valence-corrected chi connectivity index (χ0v) is 11.4. The van der Waals surface area contributed by atoms with Crippen LogP contribution in [0.1, 0.15) is 0 Å². The summed E-state index contributed by atoms with van der Waals surface area (Å²) in [5.41, 5.74) is 0. The molecule has 1 aromatic heterocycles. The van der Waals surface area contributed by atoms with Gasteiger partial charge in [0.25, 0.3) is 0 Å². The third-order valence-electron chi connectivity index (χ3n) is 2.10. The van der Waals surface area contributed by atoms with Gasteiger partial charge in [0.05, 0.1) is 4.90 Å². The number of benzene rings is 1. The number of sulfone groups is 1. The minimum atomic E-state index is -3.50. The van der Waals surface area contributed by atoms with E-state index in [-0.39, 0.29) is 10.1 Å². The second-order valence-corrected chi connectivity index (χ2v) is 6.22. The fourth-order valence-electron chi connectivity index (χ4n) is 1.37. The van der Waals surface area contributed by atoms with Gasteiger partial charge in [-0.25, -0.2) is 13.4 Å². The molecule has 0 N–H and O–H groups in total. The average Bonchev–Trinajstić information content (AvgIpc) is 2.60. The first kappa shape index (κ1) is 11.6. The Kier molecular flexibility index (Phi) is 3.02. The molecule has 84 valence electrons. The maximum absolute atomic E-state index is 12.2. The molecule has 0 spiro atoms. The summed E-state index contributed by atoms with van der Waals surface area (Å²) >= 11 is 1.99. The summed E-state index contributed by atoms with van der Waals surface area (Å²) in [5.74, 6) is 0. The van der Waals surface area contributed by atoms with Gasteiger partial charge in [-0.05, 0) is 34.7 Å². The van der Waals surface area contributed by atoms with E-state index in [4.69, 9.17) is 0 Å². The van der Waals surface area contributed by atoms with Gasteiger partial charge in [0.2, 0.25) is 15.0 Å². The van der Waals surface area contributed by atoms with Crippen molar-refractivity contribution < 1.29 is 8.42 Å². The zero-order valence-electron chi connectivity index (χ0n) is 8.46. The molecule has 0 aliphatic rings. The minimum Gasteiger partial charge on any atom is -0.324 e. The van der Waals surface area contributed by atoms with Crippen molar-refractivity contribution in [3.8, 4) is 0 Å². The van der Waals surface area contributed by atoms with Crippen LogP contribution in [0.3, 0.4) is 0 Å². The number of hydrogen-bond acceptors (Lipinski definition) is 3. The van der Waals surface area contributed by atoms with Crippen molar-refractivity contribution in [2.75, 3.05) is 0 Å². The quantitative estimate of drug-likeness (QED) is 0.779. The van der Waals surface area contributed by atoms with Crippen molar-refractivity contribution in [1.82, 2.24) is 9.55 Å². The van der Waals surface area contributed by atoms with Crippen LogP contribution < -0.4 is 0 Å². The molecule has 0 aliphatic carbocycles. The van der Waals surface area contributed by atoms with Crippen LogP contribution in [0.2, 0.25) is 0 Å². The number of imidazole rings is 1. The third-order valence-corrected chi connectivity index (χ3v) is 4.37. The monoisotopic (exact) mass is 348 g/mol. The first-order valence-electron chi connectivity index (χ1n) is 4.51. The number of rotatable bonds is 2. The van der Waals surface area contributed by atoms with Gasteiger partial charge in [-0.3, -0.25) is 0 Å². The summed E-state index contributed by atoms with van der Waals surface area (Å²) in [6.07, 6.45) is 1.68. The van der Waals surface area contributed by atoms with E-state index in [0.29, 0.717) is 3.70 Å². The Morgan fingerprint density at radius 3 is 2.38 bits per heavy atom. The maximum Gasteiger partial charge on any atom is 0.240 e. The van der Waals surface area contributed by atoms with Crippen LogP contribution in [0.5, 0.6) is 0 Å². The number of halogens is 1. The van der Waals surface area contributed by atoms with Gasteiger partial charge in [0, 0.05) is 13.2 Å². The van der Waals surface area contributed by atoms with E-state index in [1.807, 2.05) is 22.6 Å². The number of aryl methyl sites for hydroxylation is 1. The Hall–Kier alpha value is -0.890. The number of nitrogens with zero attached hydrogens (tertiary/aromatic N) is 2. The maximum atomic E-state index is 12.2. The van der Waals surface area contributed by atoms with Gasteiger partial charge < -0.3 is 4.57 Å². The second-order valence-electron chi connectivity index (χ2n) is 3.27. The fourth-order valence-corrected chi connectivity index (χ4v) is 3.56. The molecule has 0 radical (unpaired) electrons. The van der Waals surface area contributed by atoms with Gasteiger partial charge >= 0.3 is 0 Å². The lowest BCUT2D eigenvalue weighted by Gasteiger charge is -2.03. The molecule has 0 amide bonds. The standard InChI is InChI=1S/C10H9IN2O2S/c1-13-7-9(11)12-10(13)16(14,15)8-5-3-2-4-6-8/h2-7H,1H3. The molecular formula is C10H9IN2O2S. The van der Waals surface area contributed by atoms with E-state index >= 15 is 0 Å². The molecule has 0 unspecified atom stereocenters. The molecule has 0 saturated heterocycles. The van der Waals surface area contributed by atoms with Crippen LogP contribution in [-0.2, 0) is 16.9 Å². The molecule has 0 aliphatic heterocycles. The second kappa shape index (κ2) is 4.17. The van der Waals surface area contributed by atoms with Crippen LogP contribution in [0.4, 0.5) is 0 Å². The molecule has 2 aromatic rings. The highest BCUT2D eigenvalue weighted by Gasteiger charge is 2.22. The molecule has 0 saturated carbocycles. The summed E-state index contributed by atoms with van der Waals surface area (Å²) in [6, 6.07) is 8.30. The molecule has 1 heterocycles. The van der Waals surface area contributed by atoms with Gasteiger partial charge in [-0.2, -0.15) is 0 Å². The Labute approximate surface area is 107 Å². The molecule has 0 fully saturated rings. The lowest BCUT2D eigenvalue weighted by Crippen LogP contribution is -2.08. The SMILES string of the molecule is Cn1cc(I)nc1S(=O)(=O)c1ccccc1. The highest BCUT2D eigenvalue weighted by molar-refractivity contribution is 14.1. The Morgan fingerprint density at radius 1 is 1.25 bits per heavy atom. The van der Waals surface area contributed by atoms with Crippen LogP contribution in [0.15, 0.2) is 46.6 Å². The number of aromatic nitrogens is 2. The molecule has 2 rings (SSSR count). The van der Waals surface area contributed by atoms with E-state index in [9.17, 15) is 8.42 Å². The first-order chi connectivity index (χ1) is 7.51. The smallest absolute Gasteiger partial charge is 0.240 e. The topological polar surface area (TPSA) is 52.0 Å². The molecule has 0 bridgehead atoms. The Balaban J connectivity index is 2.61. The summed E-state index contributed by atoms with van der Waals surface area (Å²) in [5, 5.41) is 0.0723. The van der Waals surface area contributed by atoms with E-state index in [1.54, 1.807) is 43.6 Å². The van der Waals surface area contributed by atoms with Gasteiger partial charge in [0.15, 0.2) is 0 Å². The van der Waals surface area contributed by atoms with E-state index in [1.165, 1.54) is 4.57 Å². The summed E-state index contributed by atoms with van der Waals surface area (Å²) in [7, 11) is -1.83. The highest BCUT2D eigenvalue weighted by atomic mass is 127. The first-order valence-corrected chi connectivity index (χ1v) is 7.07. The summed E-state index contributed by atoms with van der Waals surface area (Å²) in [4.78, 5) is 4.28. The average molecular weight is 348 g/mol. The van der Waals surface area contributed by atoms with Crippen LogP contribution in [0, 0.1) is 3.70 Å². The molecule has 0 atom stereocenters. The van der Waals surface area contributed by atoms with Crippen molar-refractivity contribution in [3.05, 3.63) is 40.2 Å². The van der Waals surface area contributed by atoms with E-state index in [2.05, 4.69) is 4.98 Å². The molecule has 4 nitrogen and oxygen atoms in total. The highest BCUT2D eigenvalue weighted by Crippen LogP contribution is 2.19. The Morgan fingerprint density at radius 2 is 1.88 bits per heavy atom. The normalized spacial score (nSPS) is 11.6. The lowest BCUT2D eigenvalue weighted by molar-refractivity contribution is 0.579. The van der Waals surface area contributed by atoms with Crippen molar-refractivity contribution >= 4 is 32.4 Å². The number of hydrogen-bond donors (Lipinski definition) is 0. The minimum absolute atomic E-state index is 0.0723. The van der Waals surface area contributed by atoms with Gasteiger partial charge in [-0.15, -0.1) is 0 Å². The molecule has 6 heteroatoms. The van der Waals surface area contributed by atoms with Crippen LogP contribution in [0.25, 0.3) is 0 Å². The third kappa shape index (κ3) is 1.99. The molecular weight excluding hydrogens is 339 g/mol. The zero-order chi connectivity index (χ0) is 11.8.